The molecular weight excluding hydrogens is 330 g/mol. The van der Waals surface area contributed by atoms with Gasteiger partial charge >= 0.3 is 0 Å². The van der Waals surface area contributed by atoms with Crippen molar-refractivity contribution in [1.29, 1.82) is 0 Å². The Hall–Kier alpha value is -1.79. The molecule has 24 heavy (non-hydrogen) atoms. The minimum atomic E-state index is 0. The molecule has 0 aliphatic carbocycles. The van der Waals surface area contributed by atoms with Gasteiger partial charge < -0.3 is 21.1 Å². The number of hydrogen-bond donors (Lipinski definition) is 3. The molecule has 0 saturated carbocycles. The average molecular weight is 356 g/mol. The predicted molar refractivity (Wildman–Crippen MR) is 96.7 cm³/mol. The van der Waals surface area contributed by atoms with E-state index in [2.05, 4.69) is 10.6 Å². The zero-order valence-electron chi connectivity index (χ0n) is 13.8. The highest BCUT2D eigenvalue weighted by molar-refractivity contribution is 5.94. The molecule has 0 fully saturated rings. The van der Waals surface area contributed by atoms with E-state index < -0.39 is 0 Å². The molecule has 0 bridgehead atoms. The summed E-state index contributed by atoms with van der Waals surface area (Å²) in [4.78, 5) is 22.9. The van der Waals surface area contributed by atoms with Crippen LogP contribution in [0.3, 0.4) is 0 Å². The van der Waals surface area contributed by atoms with Crippen LogP contribution in [0.15, 0.2) is 18.2 Å². The first kappa shape index (κ1) is 20.3. The largest absolute Gasteiger partial charge is 0.494 e. The van der Waals surface area contributed by atoms with Crippen LogP contribution in [0.2, 0.25) is 0 Å². The van der Waals surface area contributed by atoms with Crippen molar-refractivity contribution in [2.24, 2.45) is 5.73 Å². The molecule has 1 heterocycles. The standard InChI is InChI=1S/C17H25N3O3.ClH/c18-9-1-2-10-19-16(21)4-3-11-23-14-6-7-15-13(12-14)5-8-17(22)20-15;/h6-7,12H,1-5,8-11,18H2,(H,19,21)(H,20,22);1H. The number of nitrogens with one attached hydrogen (secondary N) is 2. The van der Waals surface area contributed by atoms with E-state index in [4.69, 9.17) is 10.5 Å². The number of ether oxygens (including phenoxy) is 1. The number of unbranched alkanes of at least 4 members (excludes halogenated alkanes) is 1. The van der Waals surface area contributed by atoms with Gasteiger partial charge in [-0.25, -0.2) is 0 Å². The number of fused-ring (bicyclic) bond motifs is 1. The summed E-state index contributed by atoms with van der Waals surface area (Å²) >= 11 is 0. The van der Waals surface area contributed by atoms with E-state index in [1.54, 1.807) is 0 Å². The number of amides is 2. The van der Waals surface area contributed by atoms with Crippen molar-refractivity contribution >= 4 is 29.9 Å². The van der Waals surface area contributed by atoms with Crippen LogP contribution in [0.5, 0.6) is 5.75 Å². The minimum absolute atomic E-state index is 0. The number of halogens is 1. The quantitative estimate of drug-likeness (QED) is 0.591. The Balaban J connectivity index is 0.00000288. The zero-order chi connectivity index (χ0) is 16.5. The summed E-state index contributed by atoms with van der Waals surface area (Å²) in [5.41, 5.74) is 7.36. The van der Waals surface area contributed by atoms with E-state index in [9.17, 15) is 9.59 Å². The molecule has 7 heteroatoms. The van der Waals surface area contributed by atoms with Gasteiger partial charge in [0.25, 0.3) is 0 Å². The summed E-state index contributed by atoms with van der Waals surface area (Å²) in [6.45, 7) is 1.85. The van der Waals surface area contributed by atoms with E-state index in [0.29, 0.717) is 39.0 Å². The molecule has 1 aromatic rings. The number of carbonyl (C=O) groups excluding carboxylic acids is 2. The van der Waals surface area contributed by atoms with Gasteiger partial charge in [-0.2, -0.15) is 0 Å². The average Bonchev–Trinajstić information content (AvgIpc) is 2.55. The lowest BCUT2D eigenvalue weighted by Gasteiger charge is -2.17. The molecule has 0 spiro atoms. The molecule has 1 aliphatic rings. The second-order valence-electron chi connectivity index (χ2n) is 5.66. The Morgan fingerprint density at radius 3 is 2.88 bits per heavy atom. The van der Waals surface area contributed by atoms with Gasteiger partial charge in [-0.15, -0.1) is 12.4 Å². The van der Waals surface area contributed by atoms with Gasteiger partial charge in [-0.3, -0.25) is 9.59 Å². The van der Waals surface area contributed by atoms with Gasteiger partial charge in [0.05, 0.1) is 6.61 Å². The van der Waals surface area contributed by atoms with Crippen LogP contribution >= 0.6 is 12.4 Å². The Morgan fingerprint density at radius 1 is 1.25 bits per heavy atom. The van der Waals surface area contributed by atoms with Gasteiger partial charge in [0.2, 0.25) is 11.8 Å². The molecule has 2 amide bonds. The summed E-state index contributed by atoms with van der Waals surface area (Å²) < 4.78 is 5.68. The normalized spacial score (nSPS) is 12.6. The van der Waals surface area contributed by atoms with E-state index in [-0.39, 0.29) is 24.2 Å². The Labute approximate surface area is 148 Å². The smallest absolute Gasteiger partial charge is 0.224 e. The maximum absolute atomic E-state index is 11.6. The number of hydrogen-bond acceptors (Lipinski definition) is 4. The SMILES string of the molecule is Cl.NCCCCNC(=O)CCCOc1ccc2c(c1)CCC(=O)N2. The highest BCUT2D eigenvalue weighted by Gasteiger charge is 2.14. The highest BCUT2D eigenvalue weighted by Crippen LogP contribution is 2.26. The van der Waals surface area contributed by atoms with E-state index in [0.717, 1.165) is 36.3 Å². The number of anilines is 1. The third kappa shape index (κ3) is 6.76. The van der Waals surface area contributed by atoms with Gasteiger partial charge in [0, 0.05) is 25.1 Å². The van der Waals surface area contributed by atoms with Gasteiger partial charge in [-0.05, 0) is 56.0 Å². The van der Waals surface area contributed by atoms with E-state index >= 15 is 0 Å². The number of nitrogens with two attached hydrogens (primary N) is 1. The van der Waals surface area contributed by atoms with Crippen molar-refractivity contribution in [2.75, 3.05) is 25.0 Å². The molecule has 0 saturated heterocycles. The van der Waals surface area contributed by atoms with Crippen LogP contribution in [-0.2, 0) is 16.0 Å². The Morgan fingerprint density at radius 2 is 2.08 bits per heavy atom. The van der Waals surface area contributed by atoms with Crippen molar-refractivity contribution in [1.82, 2.24) is 5.32 Å². The van der Waals surface area contributed by atoms with Gasteiger partial charge in [0.1, 0.15) is 5.75 Å². The molecule has 0 unspecified atom stereocenters. The lowest BCUT2D eigenvalue weighted by atomic mass is 10.0. The van der Waals surface area contributed by atoms with Crippen LogP contribution in [0.4, 0.5) is 5.69 Å². The highest BCUT2D eigenvalue weighted by atomic mass is 35.5. The fourth-order valence-corrected chi connectivity index (χ4v) is 2.46. The zero-order valence-corrected chi connectivity index (χ0v) is 14.6. The summed E-state index contributed by atoms with van der Waals surface area (Å²) in [6.07, 6.45) is 4.25. The lowest BCUT2D eigenvalue weighted by molar-refractivity contribution is -0.121. The van der Waals surface area contributed by atoms with Crippen LogP contribution in [0.25, 0.3) is 0 Å². The van der Waals surface area contributed by atoms with Crippen molar-refractivity contribution in [3.05, 3.63) is 23.8 Å². The molecule has 4 N–H and O–H groups in total. The molecule has 0 atom stereocenters. The monoisotopic (exact) mass is 355 g/mol. The lowest BCUT2D eigenvalue weighted by Crippen LogP contribution is -2.25. The maximum atomic E-state index is 11.6. The van der Waals surface area contributed by atoms with Crippen LogP contribution in [0.1, 0.15) is 37.7 Å². The number of carbonyl (C=O) groups is 2. The first-order valence-electron chi connectivity index (χ1n) is 8.21. The molecule has 134 valence electrons. The molecule has 0 aromatic heterocycles. The summed E-state index contributed by atoms with van der Waals surface area (Å²) in [6, 6.07) is 5.67. The van der Waals surface area contributed by atoms with Crippen molar-refractivity contribution in [3.63, 3.8) is 0 Å². The molecular formula is C17H26ClN3O3. The Kier molecular flexibility index (Phi) is 9.19. The summed E-state index contributed by atoms with van der Waals surface area (Å²) in [7, 11) is 0. The number of aryl methyl sites for hydroxylation is 1. The topological polar surface area (TPSA) is 93.4 Å². The van der Waals surface area contributed by atoms with Crippen LogP contribution in [0, 0.1) is 0 Å². The fourth-order valence-electron chi connectivity index (χ4n) is 2.46. The second kappa shape index (κ2) is 10.9. The fraction of sp³-hybridized carbons (Fsp3) is 0.529. The first-order chi connectivity index (χ1) is 11.2. The van der Waals surface area contributed by atoms with Crippen molar-refractivity contribution in [2.45, 2.75) is 38.5 Å². The van der Waals surface area contributed by atoms with Crippen LogP contribution in [-0.4, -0.2) is 31.5 Å². The maximum Gasteiger partial charge on any atom is 0.224 e. The van der Waals surface area contributed by atoms with E-state index in [1.165, 1.54) is 0 Å². The van der Waals surface area contributed by atoms with Crippen molar-refractivity contribution < 1.29 is 14.3 Å². The third-order valence-corrected chi connectivity index (χ3v) is 3.74. The predicted octanol–water partition coefficient (Wildman–Crippen LogP) is 2.01. The third-order valence-electron chi connectivity index (χ3n) is 3.74. The molecule has 1 aromatic carbocycles. The number of rotatable bonds is 9. The van der Waals surface area contributed by atoms with Gasteiger partial charge in [0.15, 0.2) is 0 Å². The summed E-state index contributed by atoms with van der Waals surface area (Å²) in [5, 5.41) is 5.71. The number of benzene rings is 1. The minimum Gasteiger partial charge on any atom is -0.494 e. The first-order valence-corrected chi connectivity index (χ1v) is 8.21. The Bertz CT molecular complexity index is 552. The second-order valence-corrected chi connectivity index (χ2v) is 5.66. The van der Waals surface area contributed by atoms with Gasteiger partial charge in [-0.1, -0.05) is 0 Å². The summed E-state index contributed by atoms with van der Waals surface area (Å²) in [5.74, 6) is 0.894. The van der Waals surface area contributed by atoms with E-state index in [1.807, 2.05) is 18.2 Å². The molecule has 2 rings (SSSR count). The molecule has 0 radical (unpaired) electrons. The molecule has 1 aliphatic heterocycles. The van der Waals surface area contributed by atoms with Crippen molar-refractivity contribution in [3.8, 4) is 5.75 Å². The van der Waals surface area contributed by atoms with Crippen LogP contribution < -0.4 is 21.1 Å². The molecule has 6 nitrogen and oxygen atoms in total.